The van der Waals surface area contributed by atoms with Crippen molar-refractivity contribution in [1.82, 2.24) is 10.2 Å². The third-order valence-electron chi connectivity index (χ3n) is 4.49. The molecule has 0 saturated carbocycles. The molecular formula is C20H17N3O10. The lowest BCUT2D eigenvalue weighted by Gasteiger charge is -2.13. The number of para-hydroxylation sites is 1. The smallest absolute Gasteiger partial charge is 0.373 e. The van der Waals surface area contributed by atoms with Gasteiger partial charge in [-0.2, -0.15) is 0 Å². The van der Waals surface area contributed by atoms with Gasteiger partial charge in [0.25, 0.3) is 5.91 Å². The second-order valence-corrected chi connectivity index (χ2v) is 6.69. The van der Waals surface area contributed by atoms with E-state index >= 15 is 0 Å². The Bertz CT molecular complexity index is 1180. The topological polar surface area (TPSA) is 179 Å². The minimum Gasteiger partial charge on any atom is -0.479 e. The monoisotopic (exact) mass is 459 g/mol. The third kappa shape index (κ3) is 4.81. The largest absolute Gasteiger partial charge is 0.479 e. The summed E-state index contributed by atoms with van der Waals surface area (Å²) in [6.07, 6.45) is -0.282. The lowest BCUT2D eigenvalue weighted by molar-refractivity contribution is -0.386. The molecule has 3 rings (SSSR count). The quantitative estimate of drug-likeness (QED) is 0.195. The fraction of sp³-hybridized carbons (Fsp3) is 0.200. The normalized spacial score (nSPS) is 15.3. The summed E-state index contributed by atoms with van der Waals surface area (Å²) >= 11 is 0. The molecule has 1 atom stereocenters. The molecule has 0 aliphatic carbocycles. The van der Waals surface area contributed by atoms with Crippen molar-refractivity contribution in [2.24, 2.45) is 0 Å². The van der Waals surface area contributed by atoms with E-state index < -0.39 is 40.6 Å². The number of esters is 1. The van der Waals surface area contributed by atoms with Crippen molar-refractivity contribution in [3.05, 3.63) is 63.2 Å². The van der Waals surface area contributed by atoms with Gasteiger partial charge in [-0.25, -0.2) is 14.4 Å². The van der Waals surface area contributed by atoms with Gasteiger partial charge in [0.15, 0.2) is 6.10 Å². The van der Waals surface area contributed by atoms with E-state index in [-0.39, 0.29) is 35.1 Å². The number of aliphatic carboxylic acids is 1. The second kappa shape index (κ2) is 9.21. The van der Waals surface area contributed by atoms with Crippen LogP contribution < -0.4 is 10.1 Å². The molecule has 13 heteroatoms. The molecule has 3 amide bonds. The summed E-state index contributed by atoms with van der Waals surface area (Å²) in [5, 5.41) is 22.8. The van der Waals surface area contributed by atoms with Crippen molar-refractivity contribution in [1.29, 1.82) is 0 Å². The van der Waals surface area contributed by atoms with Crippen LogP contribution in [0.4, 0.5) is 10.5 Å². The molecule has 2 heterocycles. The molecule has 1 saturated heterocycles. The average molecular weight is 459 g/mol. The van der Waals surface area contributed by atoms with Crippen LogP contribution in [0.2, 0.25) is 0 Å². The minimum atomic E-state index is -1.42. The number of nitrogens with zero attached hydrogens (tertiary/aromatic N) is 2. The van der Waals surface area contributed by atoms with Crippen molar-refractivity contribution in [2.45, 2.75) is 19.6 Å². The molecule has 1 aliphatic heterocycles. The number of methoxy groups -OCH3 is 1. The van der Waals surface area contributed by atoms with Crippen molar-refractivity contribution >= 4 is 35.6 Å². The van der Waals surface area contributed by atoms with Gasteiger partial charge in [0.05, 0.1) is 18.6 Å². The Hall–Kier alpha value is -4.68. The first-order chi connectivity index (χ1) is 15.6. The number of carboxylic acids is 1. The van der Waals surface area contributed by atoms with Crippen molar-refractivity contribution in [3.8, 4) is 5.75 Å². The molecule has 172 valence electrons. The molecule has 1 aliphatic rings. The van der Waals surface area contributed by atoms with Gasteiger partial charge in [0.1, 0.15) is 11.5 Å². The van der Waals surface area contributed by atoms with E-state index in [1.165, 1.54) is 38.3 Å². The Morgan fingerprint density at radius 1 is 1.30 bits per heavy atom. The van der Waals surface area contributed by atoms with Gasteiger partial charge >= 0.3 is 23.7 Å². The molecule has 2 aromatic rings. The number of ether oxygens (including phenoxy) is 2. The molecule has 33 heavy (non-hydrogen) atoms. The van der Waals surface area contributed by atoms with Crippen LogP contribution in [0.15, 0.2) is 40.4 Å². The fourth-order valence-electron chi connectivity index (χ4n) is 2.85. The number of rotatable bonds is 8. The molecule has 1 aromatic carbocycles. The standard InChI is InChI=1S/C20H17N3O10/c1-10(18(25)26)32-16-11(4-3-5-14(16)23(29)30)8-13-17(24)22(20(28)21-13)9-12-6-7-15(33-12)19(27)31-2/h3-8,10H,9H2,1-2H3,(H,21,28)(H,25,26)/b13-8-/t10-/m1/s1. The minimum absolute atomic E-state index is 0.00813. The summed E-state index contributed by atoms with van der Waals surface area (Å²) in [6, 6.07) is 5.72. The molecule has 1 aromatic heterocycles. The summed E-state index contributed by atoms with van der Waals surface area (Å²) in [7, 11) is 1.17. The SMILES string of the molecule is COC(=O)c1ccc(CN2C(=O)N/C(=C\c3cccc([N+](=O)[O-])c3O[C@H](C)C(=O)O)C2=O)o1. The van der Waals surface area contributed by atoms with Crippen molar-refractivity contribution in [3.63, 3.8) is 0 Å². The zero-order valence-corrected chi connectivity index (χ0v) is 17.3. The summed E-state index contributed by atoms with van der Waals surface area (Å²) < 4.78 is 15.0. The van der Waals surface area contributed by atoms with Crippen molar-refractivity contribution in [2.75, 3.05) is 7.11 Å². The van der Waals surface area contributed by atoms with Crippen LogP contribution in [-0.2, 0) is 20.9 Å². The van der Waals surface area contributed by atoms with E-state index in [1.807, 2.05) is 0 Å². The number of hydrogen-bond acceptors (Lipinski definition) is 9. The number of imide groups is 1. The summed E-state index contributed by atoms with van der Waals surface area (Å²) in [4.78, 5) is 59.1. The highest BCUT2D eigenvalue weighted by atomic mass is 16.6. The lowest BCUT2D eigenvalue weighted by atomic mass is 10.1. The number of benzene rings is 1. The molecule has 13 nitrogen and oxygen atoms in total. The first-order valence-electron chi connectivity index (χ1n) is 9.30. The maximum Gasteiger partial charge on any atom is 0.373 e. The molecule has 2 N–H and O–H groups in total. The van der Waals surface area contributed by atoms with Crippen molar-refractivity contribution < 1.29 is 43.1 Å². The summed E-state index contributed by atoms with van der Waals surface area (Å²) in [5.41, 5.74) is -0.737. The predicted molar refractivity (Wildman–Crippen MR) is 108 cm³/mol. The van der Waals surface area contributed by atoms with Crippen LogP contribution in [0.1, 0.15) is 28.8 Å². The summed E-state index contributed by atoms with van der Waals surface area (Å²) in [6.45, 7) is 0.888. The van der Waals surface area contributed by atoms with Gasteiger partial charge in [-0.1, -0.05) is 12.1 Å². The maximum absolute atomic E-state index is 12.8. The number of carbonyl (C=O) groups excluding carboxylic acids is 3. The van der Waals surface area contributed by atoms with Crippen LogP contribution in [0, 0.1) is 10.1 Å². The Kier molecular flexibility index (Phi) is 6.42. The highest BCUT2D eigenvalue weighted by molar-refractivity contribution is 6.14. The highest BCUT2D eigenvalue weighted by Gasteiger charge is 2.35. The first kappa shape index (κ1) is 23.0. The first-order valence-corrected chi connectivity index (χ1v) is 9.30. The molecule has 0 radical (unpaired) electrons. The van der Waals surface area contributed by atoms with Gasteiger partial charge in [0.2, 0.25) is 11.5 Å². The Labute approximate surface area is 185 Å². The highest BCUT2D eigenvalue weighted by Crippen LogP contribution is 2.34. The molecule has 0 spiro atoms. The number of nitro groups is 1. The molecular weight excluding hydrogens is 442 g/mol. The van der Waals surface area contributed by atoms with Crippen LogP contribution in [0.5, 0.6) is 5.75 Å². The maximum atomic E-state index is 12.8. The number of carboxylic acid groups (broad SMARTS) is 1. The number of amides is 3. The number of nitrogens with one attached hydrogen (secondary N) is 1. The number of nitro benzene ring substituents is 1. The zero-order valence-electron chi connectivity index (χ0n) is 17.3. The van der Waals surface area contributed by atoms with E-state index in [0.717, 1.165) is 17.0 Å². The van der Waals surface area contributed by atoms with E-state index in [2.05, 4.69) is 10.1 Å². The van der Waals surface area contributed by atoms with Crippen LogP contribution >= 0.6 is 0 Å². The van der Waals surface area contributed by atoms with Gasteiger partial charge in [-0.05, 0) is 25.1 Å². The lowest BCUT2D eigenvalue weighted by Crippen LogP contribution is -2.30. The Morgan fingerprint density at radius 3 is 2.67 bits per heavy atom. The zero-order chi connectivity index (χ0) is 24.3. The fourth-order valence-corrected chi connectivity index (χ4v) is 2.85. The average Bonchev–Trinajstić information content (AvgIpc) is 3.34. The van der Waals surface area contributed by atoms with Gasteiger partial charge in [-0.15, -0.1) is 0 Å². The second-order valence-electron chi connectivity index (χ2n) is 6.69. The number of urea groups is 1. The van der Waals surface area contributed by atoms with Crippen LogP contribution in [0.25, 0.3) is 6.08 Å². The van der Waals surface area contributed by atoms with Gasteiger partial charge in [0, 0.05) is 11.6 Å². The van der Waals surface area contributed by atoms with E-state index in [1.54, 1.807) is 0 Å². The third-order valence-corrected chi connectivity index (χ3v) is 4.49. The van der Waals surface area contributed by atoms with Gasteiger partial charge < -0.3 is 24.3 Å². The number of carbonyl (C=O) groups is 4. The molecule has 1 fully saturated rings. The molecule has 0 bridgehead atoms. The van der Waals surface area contributed by atoms with Gasteiger partial charge in [-0.3, -0.25) is 19.8 Å². The Morgan fingerprint density at radius 2 is 2.03 bits per heavy atom. The number of hydrogen-bond donors (Lipinski definition) is 2. The summed E-state index contributed by atoms with van der Waals surface area (Å²) in [5.74, 6) is -3.21. The Balaban J connectivity index is 1.90. The van der Waals surface area contributed by atoms with E-state index in [9.17, 15) is 29.3 Å². The van der Waals surface area contributed by atoms with E-state index in [0.29, 0.717) is 0 Å². The van der Waals surface area contributed by atoms with E-state index in [4.69, 9.17) is 14.3 Å². The predicted octanol–water partition coefficient (Wildman–Crippen LogP) is 1.92. The number of furan rings is 1. The van der Waals surface area contributed by atoms with Crippen LogP contribution in [0.3, 0.4) is 0 Å². The molecule has 0 unspecified atom stereocenters. The van der Waals surface area contributed by atoms with Crippen LogP contribution in [-0.4, -0.2) is 52.0 Å².